The van der Waals surface area contributed by atoms with E-state index in [2.05, 4.69) is 42.9 Å². The lowest BCUT2D eigenvalue weighted by Gasteiger charge is -2.42. The SMILES string of the molecule is CCCN1CCN(CC2CC(C(C)C)CCC2NC)CC1. The summed E-state index contributed by atoms with van der Waals surface area (Å²) in [6.45, 7) is 14.8. The fourth-order valence-corrected chi connectivity index (χ4v) is 4.33. The molecule has 1 N–H and O–H groups in total. The van der Waals surface area contributed by atoms with E-state index in [1.165, 1.54) is 65.0 Å². The Morgan fingerprint density at radius 1 is 1.05 bits per heavy atom. The molecule has 1 saturated carbocycles. The van der Waals surface area contributed by atoms with Gasteiger partial charge < -0.3 is 15.1 Å². The number of nitrogens with one attached hydrogen (secondary N) is 1. The topological polar surface area (TPSA) is 18.5 Å². The molecule has 3 nitrogen and oxygen atoms in total. The van der Waals surface area contributed by atoms with Crippen molar-refractivity contribution in [3.63, 3.8) is 0 Å². The van der Waals surface area contributed by atoms with Gasteiger partial charge in [0.1, 0.15) is 0 Å². The van der Waals surface area contributed by atoms with Crippen LogP contribution in [-0.2, 0) is 0 Å². The average molecular weight is 296 g/mol. The van der Waals surface area contributed by atoms with Gasteiger partial charge >= 0.3 is 0 Å². The number of piperazine rings is 1. The average Bonchev–Trinajstić information content (AvgIpc) is 2.49. The Bertz CT molecular complexity index is 284. The molecule has 124 valence electrons. The molecule has 21 heavy (non-hydrogen) atoms. The van der Waals surface area contributed by atoms with E-state index in [1.54, 1.807) is 0 Å². The standard InChI is InChI=1S/C18H37N3/c1-5-8-20-9-11-21(12-10-20)14-17-13-16(15(2)3)6-7-18(17)19-4/h15-19H,5-14H2,1-4H3. The van der Waals surface area contributed by atoms with Crippen LogP contribution >= 0.6 is 0 Å². The van der Waals surface area contributed by atoms with Crippen molar-refractivity contribution in [2.24, 2.45) is 17.8 Å². The van der Waals surface area contributed by atoms with Gasteiger partial charge in [-0.2, -0.15) is 0 Å². The predicted octanol–water partition coefficient (Wildman–Crippen LogP) is 2.67. The first kappa shape index (κ1) is 17.2. The highest BCUT2D eigenvalue weighted by molar-refractivity contribution is 4.87. The predicted molar refractivity (Wildman–Crippen MR) is 91.7 cm³/mol. The maximum Gasteiger partial charge on any atom is 0.0110 e. The second-order valence-electron chi connectivity index (χ2n) is 7.61. The normalized spacial score (nSPS) is 32.7. The lowest BCUT2D eigenvalue weighted by atomic mass is 9.73. The van der Waals surface area contributed by atoms with Crippen LogP contribution in [-0.4, -0.2) is 62.2 Å². The van der Waals surface area contributed by atoms with Crippen molar-refractivity contribution in [2.75, 3.05) is 46.3 Å². The molecule has 2 rings (SSSR count). The Hall–Kier alpha value is -0.120. The van der Waals surface area contributed by atoms with Crippen molar-refractivity contribution in [1.82, 2.24) is 15.1 Å². The van der Waals surface area contributed by atoms with E-state index in [1.807, 2.05) is 0 Å². The van der Waals surface area contributed by atoms with E-state index in [-0.39, 0.29) is 0 Å². The molecule has 3 heteroatoms. The maximum atomic E-state index is 3.60. The van der Waals surface area contributed by atoms with Crippen LogP contribution in [0.1, 0.15) is 46.5 Å². The Morgan fingerprint density at radius 3 is 2.29 bits per heavy atom. The van der Waals surface area contributed by atoms with Crippen LogP contribution in [0, 0.1) is 17.8 Å². The fourth-order valence-electron chi connectivity index (χ4n) is 4.33. The summed E-state index contributed by atoms with van der Waals surface area (Å²) < 4.78 is 0. The molecule has 0 amide bonds. The Labute approximate surface area is 132 Å². The third-order valence-corrected chi connectivity index (χ3v) is 5.83. The van der Waals surface area contributed by atoms with Crippen molar-refractivity contribution >= 4 is 0 Å². The number of hydrogen-bond acceptors (Lipinski definition) is 3. The molecular formula is C18H37N3. The molecule has 0 aromatic carbocycles. The van der Waals surface area contributed by atoms with Crippen LogP contribution in [0.3, 0.4) is 0 Å². The molecule has 2 aliphatic rings. The van der Waals surface area contributed by atoms with E-state index >= 15 is 0 Å². The van der Waals surface area contributed by atoms with Gasteiger partial charge in [-0.1, -0.05) is 20.8 Å². The van der Waals surface area contributed by atoms with Crippen molar-refractivity contribution < 1.29 is 0 Å². The largest absolute Gasteiger partial charge is 0.317 e. The van der Waals surface area contributed by atoms with Gasteiger partial charge in [0.05, 0.1) is 0 Å². The van der Waals surface area contributed by atoms with Crippen LogP contribution in [0.2, 0.25) is 0 Å². The quantitative estimate of drug-likeness (QED) is 0.813. The summed E-state index contributed by atoms with van der Waals surface area (Å²) >= 11 is 0. The smallest absolute Gasteiger partial charge is 0.0110 e. The summed E-state index contributed by atoms with van der Waals surface area (Å²) in [4.78, 5) is 5.35. The highest BCUT2D eigenvalue weighted by atomic mass is 15.3. The van der Waals surface area contributed by atoms with Crippen LogP contribution in [0.4, 0.5) is 0 Å². The van der Waals surface area contributed by atoms with Gasteiger partial charge in [0.15, 0.2) is 0 Å². The summed E-state index contributed by atoms with van der Waals surface area (Å²) in [6.07, 6.45) is 5.52. The highest BCUT2D eigenvalue weighted by Crippen LogP contribution is 2.34. The second-order valence-corrected chi connectivity index (χ2v) is 7.61. The van der Waals surface area contributed by atoms with Crippen molar-refractivity contribution in [3.05, 3.63) is 0 Å². The zero-order valence-electron chi connectivity index (χ0n) is 14.8. The number of hydrogen-bond donors (Lipinski definition) is 1. The Morgan fingerprint density at radius 2 is 1.71 bits per heavy atom. The van der Waals surface area contributed by atoms with Crippen LogP contribution in [0.25, 0.3) is 0 Å². The highest BCUT2D eigenvalue weighted by Gasteiger charge is 2.32. The molecule has 1 saturated heterocycles. The van der Waals surface area contributed by atoms with Crippen molar-refractivity contribution in [2.45, 2.75) is 52.5 Å². The second kappa shape index (κ2) is 8.50. The van der Waals surface area contributed by atoms with Crippen LogP contribution in [0.5, 0.6) is 0 Å². The molecular weight excluding hydrogens is 258 g/mol. The van der Waals surface area contributed by atoms with Gasteiger partial charge in [-0.3, -0.25) is 0 Å². The first-order chi connectivity index (χ1) is 10.1. The molecule has 1 aliphatic carbocycles. The molecule has 0 aromatic heterocycles. The Kier molecular flexibility index (Phi) is 6.97. The van der Waals surface area contributed by atoms with Gasteiger partial charge in [0, 0.05) is 38.8 Å². The molecule has 2 fully saturated rings. The van der Waals surface area contributed by atoms with Gasteiger partial charge in [-0.25, -0.2) is 0 Å². The third-order valence-electron chi connectivity index (χ3n) is 5.83. The van der Waals surface area contributed by atoms with E-state index in [4.69, 9.17) is 0 Å². The van der Waals surface area contributed by atoms with Crippen LogP contribution in [0.15, 0.2) is 0 Å². The van der Waals surface area contributed by atoms with Crippen molar-refractivity contribution in [1.29, 1.82) is 0 Å². The molecule has 0 bridgehead atoms. The summed E-state index contributed by atoms with van der Waals surface area (Å²) in [5.41, 5.74) is 0. The van der Waals surface area contributed by atoms with E-state index in [9.17, 15) is 0 Å². The van der Waals surface area contributed by atoms with Gasteiger partial charge in [0.2, 0.25) is 0 Å². The first-order valence-electron chi connectivity index (χ1n) is 9.26. The van der Waals surface area contributed by atoms with Gasteiger partial charge in [0.25, 0.3) is 0 Å². The monoisotopic (exact) mass is 295 g/mol. The minimum Gasteiger partial charge on any atom is -0.317 e. The minimum atomic E-state index is 0.744. The Balaban J connectivity index is 1.82. The molecule has 1 heterocycles. The zero-order valence-corrected chi connectivity index (χ0v) is 14.8. The van der Waals surface area contributed by atoms with E-state index in [0.29, 0.717) is 0 Å². The van der Waals surface area contributed by atoms with Crippen LogP contribution < -0.4 is 5.32 Å². The molecule has 0 radical (unpaired) electrons. The van der Waals surface area contributed by atoms with Gasteiger partial charge in [-0.05, 0) is 57.0 Å². The zero-order chi connectivity index (χ0) is 15.2. The molecule has 0 spiro atoms. The summed E-state index contributed by atoms with van der Waals surface area (Å²) in [5, 5.41) is 3.60. The fraction of sp³-hybridized carbons (Fsp3) is 1.00. The minimum absolute atomic E-state index is 0.744. The molecule has 3 unspecified atom stereocenters. The molecule has 3 atom stereocenters. The molecule has 0 aromatic rings. The summed E-state index contributed by atoms with van der Waals surface area (Å²) in [5.74, 6) is 2.65. The summed E-state index contributed by atoms with van der Waals surface area (Å²) in [6, 6.07) is 0.744. The van der Waals surface area contributed by atoms with E-state index in [0.717, 1.165) is 23.8 Å². The third kappa shape index (κ3) is 4.94. The summed E-state index contributed by atoms with van der Waals surface area (Å²) in [7, 11) is 2.16. The molecule has 1 aliphatic heterocycles. The number of nitrogens with zero attached hydrogens (tertiary/aromatic N) is 2. The lowest BCUT2D eigenvalue weighted by Crippen LogP contribution is -2.51. The number of rotatable bonds is 6. The maximum absolute atomic E-state index is 3.60. The van der Waals surface area contributed by atoms with Crippen molar-refractivity contribution in [3.8, 4) is 0 Å². The van der Waals surface area contributed by atoms with E-state index < -0.39 is 0 Å². The lowest BCUT2D eigenvalue weighted by molar-refractivity contribution is 0.0833. The van der Waals surface area contributed by atoms with Gasteiger partial charge in [-0.15, -0.1) is 0 Å². The first-order valence-corrected chi connectivity index (χ1v) is 9.26.